The summed E-state index contributed by atoms with van der Waals surface area (Å²) in [5, 5.41) is 3.22. The molecule has 0 aliphatic heterocycles. The number of likely N-dealkylation sites (N-methyl/N-ethyl adjacent to an activating group) is 1. The molecule has 0 fully saturated rings. The number of aromatic nitrogens is 1. The number of allylic oxidation sites excluding steroid dienone is 2. The number of Topliss-reactive ketones (excluding diaryl/α,β-unsaturated/α-hetero) is 1. The number of nitrogens with zero attached hydrogens (tertiary/aromatic N) is 2. The van der Waals surface area contributed by atoms with Gasteiger partial charge in [-0.05, 0) is 49.6 Å². The summed E-state index contributed by atoms with van der Waals surface area (Å²) < 4.78 is 10.3. The second-order valence-corrected chi connectivity index (χ2v) is 8.36. The topological polar surface area (TPSA) is 84.7 Å². The van der Waals surface area contributed by atoms with Gasteiger partial charge in [0.15, 0.2) is 0 Å². The van der Waals surface area contributed by atoms with Crippen LogP contribution in [0, 0.1) is 0 Å². The number of anilines is 2. The Morgan fingerprint density at radius 1 is 1.20 bits per heavy atom. The number of carbonyl (C=O) groups is 2. The average molecular weight is 496 g/mol. The maximum absolute atomic E-state index is 11.7. The Morgan fingerprint density at radius 3 is 2.69 bits per heavy atom. The van der Waals surface area contributed by atoms with Crippen molar-refractivity contribution in [1.29, 1.82) is 0 Å². The molecule has 0 saturated heterocycles. The fourth-order valence-corrected chi connectivity index (χ4v) is 4.22. The molecule has 7 nitrogen and oxygen atoms in total. The second kappa shape index (κ2) is 12.3. The Labute approximate surface area is 210 Å². The Hall–Kier alpha value is -3.42. The number of amides is 1. The highest BCUT2D eigenvalue weighted by Crippen LogP contribution is 2.34. The second-order valence-electron chi connectivity index (χ2n) is 7.92. The van der Waals surface area contributed by atoms with Gasteiger partial charge in [0.25, 0.3) is 0 Å². The molecule has 35 heavy (non-hydrogen) atoms. The van der Waals surface area contributed by atoms with Gasteiger partial charge in [-0.25, -0.2) is 0 Å². The monoisotopic (exact) mass is 495 g/mol. The Morgan fingerprint density at radius 2 is 2.00 bits per heavy atom. The Bertz CT molecular complexity index is 1220. The SMILES string of the molecule is CCC1=C(C)C(=O)c2ncc(Cl)cc21.CCN(CCOC)c1cccc(-c2cocc2NC=O)c1. The predicted molar refractivity (Wildman–Crippen MR) is 140 cm³/mol. The van der Waals surface area contributed by atoms with Gasteiger partial charge in [-0.2, -0.15) is 0 Å². The van der Waals surface area contributed by atoms with Crippen LogP contribution >= 0.6 is 11.6 Å². The smallest absolute Gasteiger partial charge is 0.211 e. The lowest BCUT2D eigenvalue weighted by molar-refractivity contribution is -0.105. The van der Waals surface area contributed by atoms with Gasteiger partial charge in [0.1, 0.15) is 18.2 Å². The quantitative estimate of drug-likeness (QED) is 0.361. The number of furan rings is 1. The number of benzene rings is 1. The van der Waals surface area contributed by atoms with Gasteiger partial charge in [-0.3, -0.25) is 14.6 Å². The first-order valence-electron chi connectivity index (χ1n) is 11.5. The van der Waals surface area contributed by atoms with Gasteiger partial charge in [0.05, 0.1) is 17.3 Å². The number of pyridine rings is 1. The van der Waals surface area contributed by atoms with Gasteiger partial charge >= 0.3 is 0 Å². The Balaban J connectivity index is 0.000000211. The van der Waals surface area contributed by atoms with E-state index < -0.39 is 0 Å². The standard InChI is InChI=1S/C16H20N2O3.C11H10ClNO/c1-3-18(7-8-20-2)14-6-4-5-13(9-14)15-10-21-11-16(15)17-12-19;1-3-8-6(2)11(14)10-9(8)4-7(12)5-13-10/h4-6,9-12H,3,7-8H2,1-2H3,(H,17,19);4-5H,3H2,1-2H3. The molecule has 0 spiro atoms. The van der Waals surface area contributed by atoms with Crippen LogP contribution in [0.25, 0.3) is 16.7 Å². The van der Waals surface area contributed by atoms with Crippen molar-refractivity contribution in [3.63, 3.8) is 0 Å². The highest BCUT2D eigenvalue weighted by atomic mass is 35.5. The lowest BCUT2D eigenvalue weighted by Gasteiger charge is -2.23. The van der Waals surface area contributed by atoms with E-state index in [1.807, 2.05) is 32.0 Å². The van der Waals surface area contributed by atoms with Crippen molar-refractivity contribution in [2.45, 2.75) is 27.2 Å². The summed E-state index contributed by atoms with van der Waals surface area (Å²) >= 11 is 5.84. The Kier molecular flexibility index (Phi) is 9.23. The molecule has 0 bridgehead atoms. The zero-order chi connectivity index (χ0) is 25.4. The molecule has 1 aliphatic rings. The first-order chi connectivity index (χ1) is 16.9. The van der Waals surface area contributed by atoms with Gasteiger partial charge in [0, 0.05) is 48.8 Å². The zero-order valence-corrected chi connectivity index (χ0v) is 21.2. The molecule has 2 heterocycles. The molecule has 3 aromatic rings. The molecule has 0 radical (unpaired) electrons. The normalized spacial score (nSPS) is 12.2. The molecule has 8 heteroatoms. The first kappa shape index (κ1) is 26.2. The van der Waals surface area contributed by atoms with Crippen LogP contribution in [0.2, 0.25) is 5.02 Å². The molecule has 1 amide bonds. The number of hydrogen-bond donors (Lipinski definition) is 1. The summed E-state index contributed by atoms with van der Waals surface area (Å²) in [6.07, 6.45) is 6.17. The molecule has 1 aromatic carbocycles. The van der Waals surface area contributed by atoms with Crippen LogP contribution < -0.4 is 10.2 Å². The molecule has 0 atom stereocenters. The van der Waals surface area contributed by atoms with E-state index in [4.69, 9.17) is 20.8 Å². The van der Waals surface area contributed by atoms with Crippen molar-refractivity contribution in [3.05, 3.63) is 70.9 Å². The molecule has 2 aromatic heterocycles. The fraction of sp³-hybridized carbons (Fsp3) is 0.296. The predicted octanol–water partition coefficient (Wildman–Crippen LogP) is 6.10. The molecular formula is C27H30ClN3O4. The number of hydrogen-bond acceptors (Lipinski definition) is 6. The third kappa shape index (κ3) is 5.99. The van der Waals surface area contributed by atoms with Crippen molar-refractivity contribution in [2.75, 3.05) is 37.0 Å². The van der Waals surface area contributed by atoms with Gasteiger partial charge in [-0.1, -0.05) is 30.7 Å². The number of nitrogens with one attached hydrogen (secondary N) is 1. The van der Waals surface area contributed by atoms with E-state index in [9.17, 15) is 9.59 Å². The molecule has 1 N–H and O–H groups in total. The molecule has 4 rings (SSSR count). The van der Waals surface area contributed by atoms with Crippen molar-refractivity contribution >= 4 is 40.7 Å². The van der Waals surface area contributed by atoms with Crippen LogP contribution in [-0.4, -0.2) is 44.0 Å². The maximum atomic E-state index is 11.7. The van der Waals surface area contributed by atoms with Gasteiger partial charge in [-0.15, -0.1) is 0 Å². The van der Waals surface area contributed by atoms with E-state index in [1.54, 1.807) is 13.4 Å². The summed E-state index contributed by atoms with van der Waals surface area (Å²) in [6, 6.07) is 9.96. The van der Waals surface area contributed by atoms with Crippen LogP contribution in [0.1, 0.15) is 43.2 Å². The fourth-order valence-electron chi connectivity index (χ4n) is 4.06. The highest BCUT2D eigenvalue weighted by molar-refractivity contribution is 6.31. The minimum atomic E-state index is 0.0357. The van der Waals surface area contributed by atoms with Gasteiger partial charge in [0.2, 0.25) is 12.2 Å². The van der Waals surface area contributed by atoms with E-state index >= 15 is 0 Å². The van der Waals surface area contributed by atoms with Crippen LogP contribution in [0.5, 0.6) is 0 Å². The average Bonchev–Trinajstić information content (AvgIpc) is 3.42. The zero-order valence-electron chi connectivity index (χ0n) is 20.4. The number of fused-ring (bicyclic) bond motifs is 1. The minimum absolute atomic E-state index is 0.0357. The summed E-state index contributed by atoms with van der Waals surface area (Å²) in [7, 11) is 1.70. The summed E-state index contributed by atoms with van der Waals surface area (Å²) in [5.41, 5.74) is 6.98. The molecule has 184 valence electrons. The van der Waals surface area contributed by atoms with Crippen molar-refractivity contribution < 1.29 is 18.7 Å². The van der Waals surface area contributed by atoms with Crippen LogP contribution in [0.3, 0.4) is 0 Å². The van der Waals surface area contributed by atoms with Crippen LogP contribution in [-0.2, 0) is 9.53 Å². The van der Waals surface area contributed by atoms with Crippen LogP contribution in [0.4, 0.5) is 11.4 Å². The lowest BCUT2D eigenvalue weighted by Crippen LogP contribution is -2.26. The molecule has 1 aliphatic carbocycles. The molecule has 0 saturated carbocycles. The number of ketones is 1. The summed E-state index contributed by atoms with van der Waals surface area (Å²) in [5.74, 6) is 0.0357. The van der Waals surface area contributed by atoms with E-state index in [0.29, 0.717) is 29.4 Å². The van der Waals surface area contributed by atoms with E-state index in [-0.39, 0.29) is 5.78 Å². The number of carbonyl (C=O) groups excluding carboxylic acids is 2. The van der Waals surface area contributed by atoms with E-state index in [2.05, 4.69) is 34.3 Å². The lowest BCUT2D eigenvalue weighted by atomic mass is 10.1. The number of rotatable bonds is 9. The molecule has 0 unspecified atom stereocenters. The third-order valence-corrected chi connectivity index (χ3v) is 6.09. The van der Waals surface area contributed by atoms with Crippen LogP contribution in [0.15, 0.2) is 59.0 Å². The maximum Gasteiger partial charge on any atom is 0.211 e. The van der Waals surface area contributed by atoms with Crippen molar-refractivity contribution in [2.24, 2.45) is 0 Å². The number of halogens is 1. The third-order valence-electron chi connectivity index (χ3n) is 5.89. The number of ether oxygens (including phenoxy) is 1. The first-order valence-corrected chi connectivity index (χ1v) is 11.8. The van der Waals surface area contributed by atoms with Crippen molar-refractivity contribution in [3.8, 4) is 11.1 Å². The minimum Gasteiger partial charge on any atom is -0.470 e. The largest absolute Gasteiger partial charge is 0.470 e. The van der Waals surface area contributed by atoms with E-state index in [0.717, 1.165) is 53.0 Å². The van der Waals surface area contributed by atoms with Crippen molar-refractivity contribution in [1.82, 2.24) is 4.98 Å². The molecular weight excluding hydrogens is 466 g/mol. The summed E-state index contributed by atoms with van der Waals surface area (Å²) in [4.78, 5) is 28.6. The highest BCUT2D eigenvalue weighted by Gasteiger charge is 2.26. The number of methoxy groups -OCH3 is 1. The van der Waals surface area contributed by atoms with E-state index in [1.165, 1.54) is 12.5 Å². The van der Waals surface area contributed by atoms with Gasteiger partial charge < -0.3 is 19.4 Å². The summed E-state index contributed by atoms with van der Waals surface area (Å²) in [6.45, 7) is 8.40.